The first-order valence-corrected chi connectivity index (χ1v) is 12.1. The van der Waals surface area contributed by atoms with E-state index in [1.165, 1.54) is 31.6 Å². The van der Waals surface area contributed by atoms with Gasteiger partial charge in [0.25, 0.3) is 5.91 Å². The average Bonchev–Trinajstić information content (AvgIpc) is 2.77. The SMILES string of the molecule is CC1CC(C)CN(CCCCNC(=O)C2CCN(C(=O)c3ccc(C(F)(F)F)cc3)CC2)C1. The van der Waals surface area contributed by atoms with Crippen LogP contribution in [-0.2, 0) is 11.0 Å². The second-order valence-electron chi connectivity index (χ2n) is 9.85. The molecule has 0 spiro atoms. The zero-order valence-corrected chi connectivity index (χ0v) is 19.7. The van der Waals surface area contributed by atoms with E-state index in [9.17, 15) is 22.8 Å². The molecule has 2 heterocycles. The second-order valence-corrected chi connectivity index (χ2v) is 9.85. The molecule has 2 saturated heterocycles. The van der Waals surface area contributed by atoms with Crippen molar-refractivity contribution < 1.29 is 22.8 Å². The predicted octanol–water partition coefficient (Wildman–Crippen LogP) is 4.43. The minimum atomic E-state index is -4.42. The van der Waals surface area contributed by atoms with E-state index in [4.69, 9.17) is 0 Å². The van der Waals surface area contributed by atoms with Gasteiger partial charge in [-0.05, 0) is 74.8 Å². The minimum absolute atomic E-state index is 0.0387. The van der Waals surface area contributed by atoms with Crippen LogP contribution in [0, 0.1) is 17.8 Å². The Kier molecular flexibility index (Phi) is 8.79. The number of piperidine rings is 2. The molecule has 2 unspecified atom stereocenters. The van der Waals surface area contributed by atoms with E-state index in [0.29, 0.717) is 32.5 Å². The summed E-state index contributed by atoms with van der Waals surface area (Å²) >= 11 is 0. The van der Waals surface area contributed by atoms with Crippen LogP contribution in [0.3, 0.4) is 0 Å². The van der Waals surface area contributed by atoms with Crippen molar-refractivity contribution in [3.8, 4) is 0 Å². The number of hydrogen-bond donors (Lipinski definition) is 1. The molecule has 2 fully saturated rings. The lowest BCUT2D eigenvalue weighted by atomic mass is 9.92. The quantitative estimate of drug-likeness (QED) is 0.604. The van der Waals surface area contributed by atoms with E-state index >= 15 is 0 Å². The van der Waals surface area contributed by atoms with E-state index in [1.54, 1.807) is 4.90 Å². The van der Waals surface area contributed by atoms with Crippen LogP contribution in [0.25, 0.3) is 0 Å². The number of amides is 2. The molecule has 2 aliphatic rings. The number of hydrogen-bond acceptors (Lipinski definition) is 3. The summed E-state index contributed by atoms with van der Waals surface area (Å²) in [5, 5.41) is 3.04. The third kappa shape index (κ3) is 7.45. The van der Waals surface area contributed by atoms with Crippen LogP contribution in [0.2, 0.25) is 0 Å². The van der Waals surface area contributed by atoms with E-state index in [0.717, 1.165) is 43.4 Å². The van der Waals surface area contributed by atoms with Crippen molar-refractivity contribution in [3.63, 3.8) is 0 Å². The van der Waals surface area contributed by atoms with Gasteiger partial charge >= 0.3 is 6.18 Å². The number of nitrogens with one attached hydrogen (secondary N) is 1. The lowest BCUT2D eigenvalue weighted by Gasteiger charge is -2.35. The zero-order chi connectivity index (χ0) is 24.0. The Hall–Kier alpha value is -2.09. The van der Waals surface area contributed by atoms with Gasteiger partial charge in [-0.1, -0.05) is 13.8 Å². The van der Waals surface area contributed by atoms with Crippen LogP contribution in [0.4, 0.5) is 13.2 Å². The molecule has 3 rings (SSSR count). The lowest BCUT2D eigenvalue weighted by molar-refractivity contribution is -0.137. The molecule has 33 heavy (non-hydrogen) atoms. The van der Waals surface area contributed by atoms with Crippen molar-refractivity contribution >= 4 is 11.8 Å². The predicted molar refractivity (Wildman–Crippen MR) is 122 cm³/mol. The van der Waals surface area contributed by atoms with Gasteiger partial charge in [-0.25, -0.2) is 0 Å². The number of unbranched alkanes of at least 4 members (excludes halogenated alkanes) is 1. The monoisotopic (exact) mass is 467 g/mol. The molecule has 2 amide bonds. The van der Waals surface area contributed by atoms with Crippen molar-refractivity contribution in [2.24, 2.45) is 17.8 Å². The summed E-state index contributed by atoms with van der Waals surface area (Å²) in [4.78, 5) is 29.2. The Morgan fingerprint density at radius 3 is 2.18 bits per heavy atom. The van der Waals surface area contributed by atoms with Gasteiger partial charge in [0, 0.05) is 44.2 Å². The third-order valence-corrected chi connectivity index (χ3v) is 6.76. The van der Waals surface area contributed by atoms with Gasteiger partial charge in [0.2, 0.25) is 5.91 Å². The topological polar surface area (TPSA) is 52.7 Å². The summed E-state index contributed by atoms with van der Waals surface area (Å²) in [6.07, 6.45) is 0.0544. The molecule has 2 atom stereocenters. The Labute approximate surface area is 194 Å². The molecule has 8 heteroatoms. The number of rotatable bonds is 7. The molecular weight excluding hydrogens is 431 g/mol. The smallest absolute Gasteiger partial charge is 0.356 e. The minimum Gasteiger partial charge on any atom is -0.356 e. The fourth-order valence-electron chi connectivity index (χ4n) is 5.12. The number of alkyl halides is 3. The highest BCUT2D eigenvalue weighted by molar-refractivity contribution is 5.94. The average molecular weight is 468 g/mol. The number of nitrogens with zero attached hydrogens (tertiary/aromatic N) is 2. The molecule has 184 valence electrons. The van der Waals surface area contributed by atoms with Crippen LogP contribution in [0.5, 0.6) is 0 Å². The van der Waals surface area contributed by atoms with Crippen LogP contribution in [0.15, 0.2) is 24.3 Å². The fraction of sp³-hybridized carbons (Fsp3) is 0.680. The van der Waals surface area contributed by atoms with E-state index in [2.05, 4.69) is 24.1 Å². The Morgan fingerprint density at radius 1 is 1.00 bits per heavy atom. The van der Waals surface area contributed by atoms with Gasteiger partial charge in [-0.15, -0.1) is 0 Å². The lowest BCUT2D eigenvalue weighted by Crippen LogP contribution is -2.43. The molecule has 1 N–H and O–H groups in total. The summed E-state index contributed by atoms with van der Waals surface area (Å²) in [5.74, 6) is 1.14. The number of likely N-dealkylation sites (tertiary alicyclic amines) is 2. The van der Waals surface area contributed by atoms with Crippen molar-refractivity contribution in [2.45, 2.75) is 52.1 Å². The molecule has 0 saturated carbocycles. The maximum atomic E-state index is 12.7. The van der Waals surface area contributed by atoms with Gasteiger partial charge in [0.05, 0.1) is 5.56 Å². The van der Waals surface area contributed by atoms with Crippen LogP contribution in [0.1, 0.15) is 61.9 Å². The van der Waals surface area contributed by atoms with E-state index in [-0.39, 0.29) is 23.3 Å². The van der Waals surface area contributed by atoms with Crippen molar-refractivity contribution in [1.82, 2.24) is 15.1 Å². The summed E-state index contributed by atoms with van der Waals surface area (Å²) in [6.45, 7) is 9.57. The Balaban J connectivity index is 1.34. The van der Waals surface area contributed by atoms with Crippen LogP contribution < -0.4 is 5.32 Å². The summed E-state index contributed by atoms with van der Waals surface area (Å²) in [7, 11) is 0. The summed E-state index contributed by atoms with van der Waals surface area (Å²) < 4.78 is 38.1. The molecule has 0 aromatic heterocycles. The molecule has 5 nitrogen and oxygen atoms in total. The molecule has 0 radical (unpaired) electrons. The third-order valence-electron chi connectivity index (χ3n) is 6.76. The largest absolute Gasteiger partial charge is 0.416 e. The van der Waals surface area contributed by atoms with Gasteiger partial charge < -0.3 is 15.1 Å². The van der Waals surface area contributed by atoms with Crippen molar-refractivity contribution in [1.29, 1.82) is 0 Å². The maximum Gasteiger partial charge on any atom is 0.416 e. The van der Waals surface area contributed by atoms with Gasteiger partial charge in [-0.2, -0.15) is 13.2 Å². The van der Waals surface area contributed by atoms with E-state index < -0.39 is 11.7 Å². The fourth-order valence-corrected chi connectivity index (χ4v) is 5.12. The van der Waals surface area contributed by atoms with Crippen LogP contribution >= 0.6 is 0 Å². The van der Waals surface area contributed by atoms with Gasteiger partial charge in [0.1, 0.15) is 0 Å². The highest BCUT2D eigenvalue weighted by Crippen LogP contribution is 2.29. The Bertz CT molecular complexity index is 779. The number of benzene rings is 1. The molecule has 1 aromatic rings. The van der Waals surface area contributed by atoms with Crippen LogP contribution in [-0.4, -0.2) is 60.9 Å². The second kappa shape index (κ2) is 11.4. The molecule has 2 aliphatic heterocycles. The number of halogens is 3. The van der Waals surface area contributed by atoms with Gasteiger partial charge in [0.15, 0.2) is 0 Å². The Morgan fingerprint density at radius 2 is 1.61 bits per heavy atom. The van der Waals surface area contributed by atoms with Crippen molar-refractivity contribution in [3.05, 3.63) is 35.4 Å². The zero-order valence-electron chi connectivity index (χ0n) is 19.7. The summed E-state index contributed by atoms with van der Waals surface area (Å²) in [6, 6.07) is 4.30. The molecule has 1 aromatic carbocycles. The highest BCUT2D eigenvalue weighted by Gasteiger charge is 2.31. The first kappa shape index (κ1) is 25.5. The van der Waals surface area contributed by atoms with E-state index in [1.807, 2.05) is 0 Å². The van der Waals surface area contributed by atoms with Gasteiger partial charge in [-0.3, -0.25) is 9.59 Å². The maximum absolute atomic E-state index is 12.7. The standard InChI is InChI=1S/C25H36F3N3O2/c1-18-15-19(2)17-30(16-18)12-4-3-11-29-23(32)20-9-13-31(14-10-20)24(33)21-5-7-22(8-6-21)25(26,27)28/h5-8,18-20H,3-4,9-17H2,1-2H3,(H,29,32). The first-order chi connectivity index (χ1) is 15.6. The normalized spacial score (nSPS) is 22.9. The molecular formula is C25H36F3N3O2. The number of carbonyl (C=O) groups is 2. The molecule has 0 aliphatic carbocycles. The highest BCUT2D eigenvalue weighted by atomic mass is 19.4. The number of carbonyl (C=O) groups excluding carboxylic acids is 2. The van der Waals surface area contributed by atoms with Crippen molar-refractivity contribution in [2.75, 3.05) is 39.3 Å². The molecule has 0 bridgehead atoms. The first-order valence-electron chi connectivity index (χ1n) is 12.1. The summed E-state index contributed by atoms with van der Waals surface area (Å²) in [5.41, 5.74) is -0.530.